The summed E-state index contributed by atoms with van der Waals surface area (Å²) in [6.07, 6.45) is 3.99. The third-order valence-electron chi connectivity index (χ3n) is 3.74. The number of nitrogens with one attached hydrogen (secondary N) is 2. The largest absolute Gasteiger partial charge is 0.394 e. The van der Waals surface area contributed by atoms with Crippen LogP contribution in [0.25, 0.3) is 0 Å². The zero-order valence-corrected chi connectivity index (χ0v) is 14.5. The third kappa shape index (κ3) is 4.75. The first-order valence-electron chi connectivity index (χ1n) is 8.24. The number of hydrogen-bond acceptors (Lipinski definition) is 7. The number of hydrogen-bond donors (Lipinski definition) is 4. The van der Waals surface area contributed by atoms with Crippen LogP contribution in [0.4, 0.5) is 30.6 Å². The molecule has 1 atom stereocenters. The van der Waals surface area contributed by atoms with Crippen molar-refractivity contribution in [1.82, 2.24) is 19.7 Å². The maximum Gasteiger partial charge on any atom is 0.229 e. The van der Waals surface area contributed by atoms with Crippen LogP contribution in [-0.4, -0.2) is 43.2 Å². The van der Waals surface area contributed by atoms with Crippen LogP contribution in [0.2, 0.25) is 0 Å². The molecule has 0 bridgehead atoms. The monoisotopic (exact) mass is 394 g/mol. The first kappa shape index (κ1) is 19.6. The lowest BCUT2D eigenvalue weighted by atomic mass is 10.1. The van der Waals surface area contributed by atoms with E-state index in [-0.39, 0.29) is 23.9 Å². The molecule has 0 amide bonds. The van der Waals surface area contributed by atoms with Crippen molar-refractivity contribution in [3.05, 3.63) is 59.8 Å². The van der Waals surface area contributed by atoms with E-state index in [0.717, 1.165) is 18.3 Å². The molecule has 0 saturated heterocycles. The number of rotatable bonds is 8. The fraction of sp³-hybridized carbons (Fsp3) is 0.235. The van der Waals surface area contributed by atoms with Gasteiger partial charge in [-0.1, -0.05) is 0 Å². The van der Waals surface area contributed by atoms with Crippen LogP contribution in [0.15, 0.2) is 36.8 Å². The van der Waals surface area contributed by atoms with E-state index >= 15 is 0 Å². The Kier molecular flexibility index (Phi) is 6.06. The molecule has 0 aliphatic carbocycles. The van der Waals surface area contributed by atoms with Gasteiger partial charge in [0.25, 0.3) is 0 Å². The lowest BCUT2D eigenvalue weighted by Gasteiger charge is -2.18. The van der Waals surface area contributed by atoms with E-state index in [9.17, 15) is 18.3 Å². The Hall–Kier alpha value is -3.18. The van der Waals surface area contributed by atoms with Gasteiger partial charge in [-0.15, -0.1) is 0 Å². The van der Waals surface area contributed by atoms with Gasteiger partial charge in [-0.25, -0.2) is 18.2 Å². The maximum absolute atomic E-state index is 14.1. The minimum Gasteiger partial charge on any atom is -0.394 e. The van der Waals surface area contributed by atoms with Crippen molar-refractivity contribution < 1.29 is 23.4 Å². The van der Waals surface area contributed by atoms with Gasteiger partial charge in [0.1, 0.15) is 11.6 Å². The van der Waals surface area contributed by atoms with Crippen molar-refractivity contribution >= 4 is 17.5 Å². The highest BCUT2D eigenvalue weighted by Gasteiger charge is 2.17. The molecule has 0 aliphatic rings. The number of nitrogens with zero attached hydrogens (tertiary/aromatic N) is 4. The highest BCUT2D eigenvalue weighted by Crippen LogP contribution is 2.23. The van der Waals surface area contributed by atoms with Gasteiger partial charge in [0.15, 0.2) is 11.6 Å². The molecule has 3 rings (SSSR count). The predicted molar refractivity (Wildman–Crippen MR) is 94.4 cm³/mol. The van der Waals surface area contributed by atoms with Crippen molar-refractivity contribution in [3.8, 4) is 0 Å². The van der Waals surface area contributed by atoms with Crippen molar-refractivity contribution in [2.45, 2.75) is 12.6 Å². The maximum atomic E-state index is 14.1. The number of benzene rings is 1. The second-order valence-electron chi connectivity index (χ2n) is 5.81. The molecule has 1 aromatic carbocycles. The molecular formula is C17H17F3N6O2. The van der Waals surface area contributed by atoms with Crippen LogP contribution < -0.4 is 10.6 Å². The molecular weight excluding hydrogens is 377 g/mol. The molecule has 1 unspecified atom stereocenters. The number of anilines is 3. The summed E-state index contributed by atoms with van der Waals surface area (Å²) in [6, 6.07) is 1.77. The van der Waals surface area contributed by atoms with Crippen LogP contribution >= 0.6 is 0 Å². The van der Waals surface area contributed by atoms with E-state index in [2.05, 4.69) is 25.7 Å². The molecule has 4 N–H and O–H groups in total. The van der Waals surface area contributed by atoms with Crippen molar-refractivity contribution in [3.63, 3.8) is 0 Å². The van der Waals surface area contributed by atoms with Gasteiger partial charge >= 0.3 is 0 Å². The van der Waals surface area contributed by atoms with E-state index < -0.39 is 30.1 Å². The minimum absolute atomic E-state index is 0.0366. The molecule has 0 spiro atoms. The molecule has 28 heavy (non-hydrogen) atoms. The lowest BCUT2D eigenvalue weighted by molar-refractivity contribution is 0.269. The average Bonchev–Trinajstić information content (AvgIpc) is 3.08. The molecule has 0 fully saturated rings. The van der Waals surface area contributed by atoms with Gasteiger partial charge in [-0.05, 0) is 17.7 Å². The fourth-order valence-corrected chi connectivity index (χ4v) is 2.49. The van der Waals surface area contributed by atoms with E-state index in [1.807, 2.05) is 0 Å². The van der Waals surface area contributed by atoms with Crippen LogP contribution in [0, 0.1) is 17.5 Å². The fourth-order valence-electron chi connectivity index (χ4n) is 2.49. The van der Waals surface area contributed by atoms with Crippen LogP contribution in [0.1, 0.15) is 11.6 Å². The van der Waals surface area contributed by atoms with Crippen molar-refractivity contribution in [2.24, 2.45) is 0 Å². The first-order valence-corrected chi connectivity index (χ1v) is 8.24. The van der Waals surface area contributed by atoms with E-state index in [1.165, 1.54) is 10.9 Å². The van der Waals surface area contributed by atoms with Crippen LogP contribution in [0.3, 0.4) is 0 Å². The summed E-state index contributed by atoms with van der Waals surface area (Å²) < 4.78 is 42.4. The topological polar surface area (TPSA) is 108 Å². The Morgan fingerprint density at radius 3 is 2.50 bits per heavy atom. The van der Waals surface area contributed by atoms with Gasteiger partial charge < -0.3 is 20.8 Å². The number of halogens is 3. The quantitative estimate of drug-likeness (QED) is 0.463. The van der Waals surface area contributed by atoms with E-state index in [0.29, 0.717) is 18.3 Å². The Balaban J connectivity index is 1.79. The highest BCUT2D eigenvalue weighted by atomic mass is 19.1. The lowest BCUT2D eigenvalue weighted by Crippen LogP contribution is -2.17. The average molecular weight is 394 g/mol. The second-order valence-corrected chi connectivity index (χ2v) is 5.81. The summed E-state index contributed by atoms with van der Waals surface area (Å²) in [4.78, 5) is 7.80. The zero-order chi connectivity index (χ0) is 20.1. The summed E-state index contributed by atoms with van der Waals surface area (Å²) in [6.45, 7) is -0.324. The molecule has 2 aromatic heterocycles. The van der Waals surface area contributed by atoms with Gasteiger partial charge in [0.2, 0.25) is 5.95 Å². The molecule has 2 heterocycles. The van der Waals surface area contributed by atoms with E-state index in [1.54, 1.807) is 6.20 Å². The SMILES string of the molecule is OCCn1cc(Nc2ncc(F)c(NC(CO)c3cc(F)cc(F)c3)n2)cn1. The number of aromatic nitrogens is 4. The van der Waals surface area contributed by atoms with Crippen LogP contribution in [0.5, 0.6) is 0 Å². The zero-order valence-electron chi connectivity index (χ0n) is 14.5. The van der Waals surface area contributed by atoms with Gasteiger partial charge in [0.05, 0.1) is 43.9 Å². The van der Waals surface area contributed by atoms with Gasteiger partial charge in [0, 0.05) is 12.3 Å². The Morgan fingerprint density at radius 2 is 1.82 bits per heavy atom. The Morgan fingerprint density at radius 1 is 1.07 bits per heavy atom. The summed E-state index contributed by atoms with van der Waals surface area (Å²) >= 11 is 0. The van der Waals surface area contributed by atoms with Crippen molar-refractivity contribution in [1.29, 1.82) is 0 Å². The highest BCUT2D eigenvalue weighted by molar-refractivity contribution is 5.53. The number of aliphatic hydroxyl groups is 2. The Labute approximate surface area is 157 Å². The van der Waals surface area contributed by atoms with E-state index in [4.69, 9.17) is 5.11 Å². The molecule has 0 radical (unpaired) electrons. The minimum atomic E-state index is -0.991. The van der Waals surface area contributed by atoms with Crippen LogP contribution in [-0.2, 0) is 6.54 Å². The first-order chi connectivity index (χ1) is 13.5. The molecule has 0 aliphatic heterocycles. The van der Waals surface area contributed by atoms with Crippen molar-refractivity contribution in [2.75, 3.05) is 23.8 Å². The summed E-state index contributed by atoms with van der Waals surface area (Å²) in [5.74, 6) is -2.67. The Bertz CT molecular complexity index is 932. The van der Waals surface area contributed by atoms with Gasteiger partial charge in [-0.3, -0.25) is 4.68 Å². The molecule has 148 valence electrons. The number of aliphatic hydroxyl groups excluding tert-OH is 2. The third-order valence-corrected chi connectivity index (χ3v) is 3.74. The smallest absolute Gasteiger partial charge is 0.229 e. The normalized spacial score (nSPS) is 12.0. The predicted octanol–water partition coefficient (Wildman–Crippen LogP) is 1.97. The molecule has 0 saturated carbocycles. The summed E-state index contributed by atoms with van der Waals surface area (Å²) in [7, 11) is 0. The summed E-state index contributed by atoms with van der Waals surface area (Å²) in [5.41, 5.74) is 0.606. The van der Waals surface area contributed by atoms with Gasteiger partial charge in [-0.2, -0.15) is 10.1 Å². The molecule has 8 nitrogen and oxygen atoms in total. The summed E-state index contributed by atoms with van der Waals surface area (Å²) in [5, 5.41) is 27.9. The molecule has 11 heteroatoms. The molecule has 3 aromatic rings. The second kappa shape index (κ2) is 8.67. The standard InChI is InChI=1S/C17H17F3N6O2/c18-11-3-10(4-12(19)5-11)15(9-28)24-16-14(20)7-21-17(25-16)23-13-6-22-26(8-13)1-2-27/h3-8,15,27-28H,1-2,9H2,(H2,21,23,24,25).